The normalized spacial score (nSPS) is 15.2. The van der Waals surface area contributed by atoms with Crippen molar-refractivity contribution in [2.75, 3.05) is 0 Å². The summed E-state index contributed by atoms with van der Waals surface area (Å²) in [6, 6.07) is 4.51. The number of amides is 2. The lowest BCUT2D eigenvalue weighted by molar-refractivity contribution is 0.240. The molecule has 14 heavy (non-hydrogen) atoms. The fourth-order valence-corrected chi connectivity index (χ4v) is 2.04. The maximum Gasteiger partial charge on any atom is 0.315 e. The summed E-state index contributed by atoms with van der Waals surface area (Å²) < 4.78 is 0. The molecule has 0 saturated heterocycles. The first-order valence-corrected chi connectivity index (χ1v) is 5.65. The van der Waals surface area contributed by atoms with Gasteiger partial charge in [0.25, 0.3) is 0 Å². The van der Waals surface area contributed by atoms with E-state index in [1.807, 2.05) is 0 Å². The van der Waals surface area contributed by atoms with E-state index in [1.165, 1.54) is 9.75 Å². The van der Waals surface area contributed by atoms with Crippen molar-refractivity contribution < 1.29 is 4.79 Å². The maximum atomic E-state index is 11.3. The van der Waals surface area contributed by atoms with E-state index in [-0.39, 0.29) is 6.03 Å². The van der Waals surface area contributed by atoms with Crippen LogP contribution in [0.4, 0.5) is 4.79 Å². The molecule has 76 valence electrons. The van der Waals surface area contributed by atoms with Crippen LogP contribution in [0.2, 0.25) is 0 Å². The van der Waals surface area contributed by atoms with Gasteiger partial charge in [-0.05, 0) is 31.9 Å². The van der Waals surface area contributed by atoms with Gasteiger partial charge >= 0.3 is 6.03 Å². The number of hydrogen-bond acceptors (Lipinski definition) is 2. The number of nitrogens with one attached hydrogen (secondary N) is 2. The Hall–Kier alpha value is -1.03. The highest BCUT2D eigenvalue weighted by molar-refractivity contribution is 7.11. The van der Waals surface area contributed by atoms with Gasteiger partial charge in [-0.1, -0.05) is 0 Å². The van der Waals surface area contributed by atoms with Gasteiger partial charge in [-0.2, -0.15) is 0 Å². The van der Waals surface area contributed by atoms with E-state index in [0.29, 0.717) is 12.6 Å². The molecule has 0 bridgehead atoms. The Morgan fingerprint density at radius 2 is 2.36 bits per heavy atom. The number of aryl methyl sites for hydroxylation is 1. The zero-order valence-corrected chi connectivity index (χ0v) is 8.99. The zero-order chi connectivity index (χ0) is 9.97. The van der Waals surface area contributed by atoms with Gasteiger partial charge in [0.2, 0.25) is 0 Å². The van der Waals surface area contributed by atoms with Crippen molar-refractivity contribution in [2.24, 2.45) is 0 Å². The second-order valence-corrected chi connectivity index (χ2v) is 4.99. The lowest BCUT2D eigenvalue weighted by atomic mass is 10.4. The van der Waals surface area contributed by atoms with E-state index in [4.69, 9.17) is 0 Å². The van der Waals surface area contributed by atoms with Crippen LogP contribution in [0.15, 0.2) is 12.1 Å². The highest BCUT2D eigenvalue weighted by atomic mass is 32.1. The standard InChI is InChI=1S/C10H14N2OS/c1-7-2-5-9(14-7)6-11-10(13)12-8-3-4-8/h2,5,8H,3-4,6H2,1H3,(H2,11,12,13). The van der Waals surface area contributed by atoms with Gasteiger partial charge in [-0.25, -0.2) is 4.79 Å². The minimum absolute atomic E-state index is 0.0430. The molecule has 0 spiro atoms. The molecule has 0 atom stereocenters. The Morgan fingerprint density at radius 1 is 1.57 bits per heavy atom. The van der Waals surface area contributed by atoms with Gasteiger partial charge in [0, 0.05) is 15.8 Å². The summed E-state index contributed by atoms with van der Waals surface area (Å²) in [5.74, 6) is 0. The molecule has 1 saturated carbocycles. The predicted octanol–water partition coefficient (Wildman–Crippen LogP) is 2.02. The highest BCUT2D eigenvalue weighted by Gasteiger charge is 2.22. The molecule has 0 radical (unpaired) electrons. The van der Waals surface area contributed by atoms with Gasteiger partial charge in [-0.15, -0.1) is 11.3 Å². The van der Waals surface area contributed by atoms with E-state index >= 15 is 0 Å². The minimum Gasteiger partial charge on any atom is -0.335 e. The van der Waals surface area contributed by atoms with E-state index in [9.17, 15) is 4.79 Å². The summed E-state index contributed by atoms with van der Waals surface area (Å²) >= 11 is 1.72. The molecule has 1 aromatic heterocycles. The van der Waals surface area contributed by atoms with Gasteiger partial charge in [0.1, 0.15) is 0 Å². The Bertz CT molecular complexity index is 331. The van der Waals surface area contributed by atoms with Gasteiger partial charge in [0.15, 0.2) is 0 Å². The van der Waals surface area contributed by atoms with Crippen LogP contribution in [-0.2, 0) is 6.54 Å². The second kappa shape index (κ2) is 4.00. The van der Waals surface area contributed by atoms with Crippen molar-refractivity contribution in [1.82, 2.24) is 10.6 Å². The fraction of sp³-hybridized carbons (Fsp3) is 0.500. The number of carbonyl (C=O) groups is 1. The van der Waals surface area contributed by atoms with Crippen LogP contribution in [-0.4, -0.2) is 12.1 Å². The van der Waals surface area contributed by atoms with Crippen LogP contribution >= 0.6 is 11.3 Å². The third-order valence-corrected chi connectivity index (χ3v) is 3.13. The minimum atomic E-state index is -0.0430. The first-order valence-electron chi connectivity index (χ1n) is 4.84. The molecule has 0 aromatic carbocycles. The lowest BCUT2D eigenvalue weighted by Gasteiger charge is -2.04. The highest BCUT2D eigenvalue weighted by Crippen LogP contribution is 2.18. The Morgan fingerprint density at radius 3 is 2.93 bits per heavy atom. The Kier molecular flexibility index (Phi) is 2.72. The Labute approximate surface area is 87.5 Å². The van der Waals surface area contributed by atoms with E-state index in [1.54, 1.807) is 11.3 Å². The van der Waals surface area contributed by atoms with Crippen molar-refractivity contribution >= 4 is 17.4 Å². The third kappa shape index (κ3) is 2.73. The molecule has 3 nitrogen and oxygen atoms in total. The number of hydrogen-bond donors (Lipinski definition) is 2. The van der Waals surface area contributed by atoms with E-state index in [0.717, 1.165) is 12.8 Å². The number of thiophene rings is 1. The smallest absolute Gasteiger partial charge is 0.315 e. The SMILES string of the molecule is Cc1ccc(CNC(=O)NC2CC2)s1. The topological polar surface area (TPSA) is 41.1 Å². The van der Waals surface area contributed by atoms with Gasteiger partial charge < -0.3 is 10.6 Å². The molecule has 1 aliphatic rings. The monoisotopic (exact) mass is 210 g/mol. The van der Waals surface area contributed by atoms with Crippen molar-refractivity contribution in [3.8, 4) is 0 Å². The number of carbonyl (C=O) groups excluding carboxylic acids is 1. The average Bonchev–Trinajstić information content (AvgIpc) is 2.85. The maximum absolute atomic E-state index is 11.3. The van der Waals surface area contributed by atoms with Gasteiger partial charge in [0.05, 0.1) is 6.54 Å². The van der Waals surface area contributed by atoms with Crippen LogP contribution in [0, 0.1) is 6.92 Å². The summed E-state index contributed by atoms with van der Waals surface area (Å²) in [6.45, 7) is 2.70. The van der Waals surface area contributed by atoms with Gasteiger partial charge in [-0.3, -0.25) is 0 Å². The van der Waals surface area contributed by atoms with Crippen molar-refractivity contribution in [1.29, 1.82) is 0 Å². The van der Waals surface area contributed by atoms with Crippen molar-refractivity contribution in [3.05, 3.63) is 21.9 Å². The van der Waals surface area contributed by atoms with E-state index in [2.05, 4.69) is 29.7 Å². The molecule has 2 N–H and O–H groups in total. The molecule has 2 amide bonds. The van der Waals surface area contributed by atoms with Crippen LogP contribution in [0.3, 0.4) is 0 Å². The lowest BCUT2D eigenvalue weighted by Crippen LogP contribution is -2.36. The molecule has 1 aliphatic carbocycles. The summed E-state index contributed by atoms with van der Waals surface area (Å²) in [5, 5.41) is 5.73. The summed E-state index contributed by atoms with van der Waals surface area (Å²) in [4.78, 5) is 13.7. The first-order chi connectivity index (χ1) is 6.74. The van der Waals surface area contributed by atoms with Crippen LogP contribution < -0.4 is 10.6 Å². The Balaban J connectivity index is 1.73. The fourth-order valence-electron chi connectivity index (χ4n) is 1.21. The zero-order valence-electron chi connectivity index (χ0n) is 8.17. The van der Waals surface area contributed by atoms with Crippen LogP contribution in [0.25, 0.3) is 0 Å². The molecule has 4 heteroatoms. The van der Waals surface area contributed by atoms with Crippen molar-refractivity contribution in [3.63, 3.8) is 0 Å². The third-order valence-electron chi connectivity index (χ3n) is 2.13. The largest absolute Gasteiger partial charge is 0.335 e. The predicted molar refractivity (Wildman–Crippen MR) is 57.4 cm³/mol. The molecule has 1 fully saturated rings. The van der Waals surface area contributed by atoms with Crippen LogP contribution in [0.1, 0.15) is 22.6 Å². The molecule has 1 aromatic rings. The van der Waals surface area contributed by atoms with Crippen molar-refractivity contribution in [2.45, 2.75) is 32.4 Å². The number of rotatable bonds is 3. The van der Waals surface area contributed by atoms with Crippen LogP contribution in [0.5, 0.6) is 0 Å². The molecular weight excluding hydrogens is 196 g/mol. The molecular formula is C10H14N2OS. The second-order valence-electron chi connectivity index (χ2n) is 3.61. The molecule has 1 heterocycles. The quantitative estimate of drug-likeness (QED) is 0.787. The summed E-state index contributed by atoms with van der Waals surface area (Å²) in [5.41, 5.74) is 0. The summed E-state index contributed by atoms with van der Waals surface area (Å²) in [6.07, 6.45) is 2.26. The van der Waals surface area contributed by atoms with E-state index < -0.39 is 0 Å². The number of urea groups is 1. The molecule has 0 aliphatic heterocycles. The average molecular weight is 210 g/mol. The molecule has 2 rings (SSSR count). The molecule has 0 unspecified atom stereocenters. The first kappa shape index (κ1) is 9.52. The summed E-state index contributed by atoms with van der Waals surface area (Å²) in [7, 11) is 0.